The Hall–Kier alpha value is -1.88. The number of hydrogen-bond donors (Lipinski definition) is 3. The highest BCUT2D eigenvalue weighted by atomic mass is 16.4. The first-order valence-electron chi connectivity index (χ1n) is 5.89. The number of rotatable bonds is 7. The molecule has 0 aromatic heterocycles. The summed E-state index contributed by atoms with van der Waals surface area (Å²) in [5, 5.41) is 18.5. The molecule has 0 aliphatic rings. The predicted molar refractivity (Wildman–Crippen MR) is 70.0 cm³/mol. The standard InChI is InChI=1S/C13H18N2O3/c14-8-4-3-6-11(13(17)18)15-9-10-5-1-2-7-12(10)16/h1-2,5,7,9,11,16H,3-4,6,8,14H2,(H,17,18)/b15-9+. The van der Waals surface area contributed by atoms with Gasteiger partial charge < -0.3 is 15.9 Å². The number of carboxylic acid groups (broad SMARTS) is 1. The molecule has 0 amide bonds. The number of aromatic hydroxyl groups is 1. The molecule has 0 heterocycles. The van der Waals surface area contributed by atoms with Crippen LogP contribution < -0.4 is 5.73 Å². The number of unbranched alkanes of at least 4 members (excludes halogenated alkanes) is 1. The summed E-state index contributed by atoms with van der Waals surface area (Å²) in [6.07, 6.45) is 3.37. The Morgan fingerprint density at radius 1 is 1.39 bits per heavy atom. The van der Waals surface area contributed by atoms with Crippen molar-refractivity contribution >= 4 is 12.2 Å². The topological polar surface area (TPSA) is 95.9 Å². The fourth-order valence-electron chi connectivity index (χ4n) is 1.51. The molecule has 0 fully saturated rings. The van der Waals surface area contributed by atoms with Crippen LogP contribution in [0.2, 0.25) is 0 Å². The van der Waals surface area contributed by atoms with Gasteiger partial charge in [-0.25, -0.2) is 4.79 Å². The van der Waals surface area contributed by atoms with Crippen LogP contribution in [0, 0.1) is 0 Å². The predicted octanol–water partition coefficient (Wildman–Crippen LogP) is 1.39. The lowest BCUT2D eigenvalue weighted by Gasteiger charge is -2.06. The van der Waals surface area contributed by atoms with Crippen LogP contribution in [0.4, 0.5) is 0 Å². The van der Waals surface area contributed by atoms with E-state index in [4.69, 9.17) is 10.8 Å². The molecule has 0 saturated heterocycles. The van der Waals surface area contributed by atoms with Crippen LogP contribution in [0.25, 0.3) is 0 Å². The van der Waals surface area contributed by atoms with E-state index in [-0.39, 0.29) is 5.75 Å². The molecule has 1 aromatic carbocycles. The molecular weight excluding hydrogens is 232 g/mol. The first-order chi connectivity index (χ1) is 8.65. The van der Waals surface area contributed by atoms with E-state index in [1.165, 1.54) is 12.3 Å². The number of benzene rings is 1. The summed E-state index contributed by atoms with van der Waals surface area (Å²) in [5.41, 5.74) is 5.87. The highest BCUT2D eigenvalue weighted by Crippen LogP contribution is 2.14. The zero-order valence-corrected chi connectivity index (χ0v) is 10.1. The molecule has 4 N–H and O–H groups in total. The van der Waals surface area contributed by atoms with Gasteiger partial charge in [-0.05, 0) is 37.9 Å². The maximum atomic E-state index is 11.0. The lowest BCUT2D eigenvalue weighted by molar-refractivity contribution is -0.138. The summed E-state index contributed by atoms with van der Waals surface area (Å²) in [5.74, 6) is -0.869. The first kappa shape index (κ1) is 14.2. The molecule has 0 saturated carbocycles. The second-order valence-electron chi connectivity index (χ2n) is 3.98. The van der Waals surface area contributed by atoms with Crippen LogP contribution >= 0.6 is 0 Å². The Morgan fingerprint density at radius 2 is 2.11 bits per heavy atom. The SMILES string of the molecule is NCCCCC(/N=C/c1ccccc1O)C(=O)O. The number of para-hydroxylation sites is 1. The molecule has 1 rings (SSSR count). The third-order valence-corrected chi connectivity index (χ3v) is 2.55. The second kappa shape index (κ2) is 7.45. The van der Waals surface area contributed by atoms with Gasteiger partial charge in [-0.1, -0.05) is 12.1 Å². The van der Waals surface area contributed by atoms with Crippen molar-refractivity contribution in [3.8, 4) is 5.75 Å². The molecule has 18 heavy (non-hydrogen) atoms. The fraction of sp³-hybridized carbons (Fsp3) is 0.385. The molecule has 0 radical (unpaired) electrons. The van der Waals surface area contributed by atoms with E-state index in [9.17, 15) is 9.90 Å². The summed E-state index contributed by atoms with van der Waals surface area (Å²) in [6.45, 7) is 0.551. The van der Waals surface area contributed by atoms with Gasteiger partial charge in [-0.3, -0.25) is 4.99 Å². The van der Waals surface area contributed by atoms with Crippen LogP contribution in [-0.2, 0) is 4.79 Å². The minimum absolute atomic E-state index is 0.0901. The molecule has 1 unspecified atom stereocenters. The van der Waals surface area contributed by atoms with Gasteiger partial charge in [-0.15, -0.1) is 0 Å². The quantitative estimate of drug-likeness (QED) is 0.503. The monoisotopic (exact) mass is 250 g/mol. The van der Waals surface area contributed by atoms with Crippen molar-refractivity contribution in [1.82, 2.24) is 0 Å². The molecule has 0 spiro atoms. The van der Waals surface area contributed by atoms with Gasteiger partial charge in [0.15, 0.2) is 0 Å². The van der Waals surface area contributed by atoms with Gasteiger partial charge in [0.1, 0.15) is 11.8 Å². The van der Waals surface area contributed by atoms with Crippen LogP contribution in [0.5, 0.6) is 5.75 Å². The van der Waals surface area contributed by atoms with Gasteiger partial charge >= 0.3 is 5.97 Å². The second-order valence-corrected chi connectivity index (χ2v) is 3.98. The van der Waals surface area contributed by atoms with Crippen molar-refractivity contribution in [2.24, 2.45) is 10.7 Å². The molecule has 1 atom stereocenters. The Bertz CT molecular complexity index is 418. The van der Waals surface area contributed by atoms with E-state index in [0.29, 0.717) is 18.5 Å². The van der Waals surface area contributed by atoms with E-state index in [1.54, 1.807) is 18.2 Å². The number of carbonyl (C=O) groups is 1. The van der Waals surface area contributed by atoms with Crippen molar-refractivity contribution in [2.75, 3.05) is 6.54 Å². The normalized spacial score (nSPS) is 12.7. The molecule has 0 aliphatic carbocycles. The van der Waals surface area contributed by atoms with Gasteiger partial charge in [0.2, 0.25) is 0 Å². The Labute approximate surface area is 106 Å². The minimum atomic E-state index is -0.960. The number of aliphatic imine (C=N–C) groups is 1. The van der Waals surface area contributed by atoms with E-state index < -0.39 is 12.0 Å². The number of carboxylic acids is 1. The van der Waals surface area contributed by atoms with Gasteiger partial charge in [0.25, 0.3) is 0 Å². The number of hydrogen-bond acceptors (Lipinski definition) is 4. The minimum Gasteiger partial charge on any atom is -0.507 e. The number of phenols is 1. The zero-order chi connectivity index (χ0) is 13.4. The highest BCUT2D eigenvalue weighted by molar-refractivity contribution is 5.85. The van der Waals surface area contributed by atoms with Crippen LogP contribution in [0.3, 0.4) is 0 Å². The average Bonchev–Trinajstić information content (AvgIpc) is 2.35. The molecule has 0 bridgehead atoms. The van der Waals surface area contributed by atoms with Crippen LogP contribution in [-0.4, -0.2) is 35.0 Å². The fourth-order valence-corrected chi connectivity index (χ4v) is 1.51. The van der Waals surface area contributed by atoms with Crippen LogP contribution in [0.15, 0.2) is 29.3 Å². The van der Waals surface area contributed by atoms with Gasteiger partial charge in [-0.2, -0.15) is 0 Å². The Morgan fingerprint density at radius 3 is 2.72 bits per heavy atom. The Balaban J connectivity index is 2.66. The highest BCUT2D eigenvalue weighted by Gasteiger charge is 2.14. The third-order valence-electron chi connectivity index (χ3n) is 2.55. The van der Waals surface area contributed by atoms with Gasteiger partial charge in [0.05, 0.1) is 0 Å². The number of phenolic OH excluding ortho intramolecular Hbond substituents is 1. The Kier molecular flexibility index (Phi) is 5.87. The van der Waals surface area contributed by atoms with E-state index in [0.717, 1.165) is 12.8 Å². The number of nitrogens with two attached hydrogens (primary N) is 1. The van der Waals surface area contributed by atoms with Crippen molar-refractivity contribution in [3.63, 3.8) is 0 Å². The summed E-state index contributed by atoms with van der Waals surface area (Å²) in [6, 6.07) is 5.88. The molecular formula is C13H18N2O3. The number of aliphatic carboxylic acids is 1. The molecule has 5 nitrogen and oxygen atoms in total. The van der Waals surface area contributed by atoms with Crippen molar-refractivity contribution in [3.05, 3.63) is 29.8 Å². The zero-order valence-electron chi connectivity index (χ0n) is 10.1. The molecule has 1 aromatic rings. The van der Waals surface area contributed by atoms with Crippen molar-refractivity contribution in [2.45, 2.75) is 25.3 Å². The van der Waals surface area contributed by atoms with E-state index >= 15 is 0 Å². The lowest BCUT2D eigenvalue weighted by atomic mass is 10.1. The largest absolute Gasteiger partial charge is 0.507 e. The van der Waals surface area contributed by atoms with Crippen molar-refractivity contribution < 1.29 is 15.0 Å². The summed E-state index contributed by atoms with van der Waals surface area (Å²) < 4.78 is 0. The average molecular weight is 250 g/mol. The van der Waals surface area contributed by atoms with E-state index in [1.807, 2.05) is 0 Å². The molecule has 98 valence electrons. The summed E-state index contributed by atoms with van der Waals surface area (Å²) >= 11 is 0. The van der Waals surface area contributed by atoms with E-state index in [2.05, 4.69) is 4.99 Å². The first-order valence-corrected chi connectivity index (χ1v) is 5.89. The lowest BCUT2D eigenvalue weighted by Crippen LogP contribution is -2.18. The number of nitrogens with zero attached hydrogens (tertiary/aromatic N) is 1. The smallest absolute Gasteiger partial charge is 0.328 e. The van der Waals surface area contributed by atoms with Gasteiger partial charge in [0, 0.05) is 11.8 Å². The van der Waals surface area contributed by atoms with Crippen LogP contribution in [0.1, 0.15) is 24.8 Å². The summed E-state index contributed by atoms with van der Waals surface area (Å²) in [4.78, 5) is 15.0. The third kappa shape index (κ3) is 4.55. The van der Waals surface area contributed by atoms with Crippen molar-refractivity contribution in [1.29, 1.82) is 0 Å². The molecule has 5 heteroatoms. The maximum absolute atomic E-state index is 11.0. The molecule has 0 aliphatic heterocycles. The maximum Gasteiger partial charge on any atom is 0.328 e. The summed E-state index contributed by atoms with van der Waals surface area (Å²) in [7, 11) is 0.